The molecule has 2 heterocycles. The minimum absolute atomic E-state index is 0.891. The van der Waals surface area contributed by atoms with Crippen LogP contribution in [0.15, 0.2) is 4.42 Å². The van der Waals surface area contributed by atoms with E-state index in [-0.39, 0.29) is 0 Å². The number of hydrogen-bond donors (Lipinski definition) is 1. The molecule has 1 aliphatic rings. The molecule has 1 aliphatic heterocycles. The van der Waals surface area contributed by atoms with Gasteiger partial charge in [-0.3, -0.25) is 0 Å². The Morgan fingerprint density at radius 2 is 2.25 bits per heavy atom. The van der Waals surface area contributed by atoms with Crippen molar-refractivity contribution in [2.45, 2.75) is 26.2 Å². The van der Waals surface area contributed by atoms with Gasteiger partial charge in [0, 0.05) is 32.4 Å². The molecule has 0 saturated carbocycles. The van der Waals surface area contributed by atoms with E-state index in [9.17, 15) is 0 Å². The van der Waals surface area contributed by atoms with Gasteiger partial charge in [0.05, 0.1) is 5.69 Å². The molecule has 0 fully saturated rings. The van der Waals surface area contributed by atoms with Gasteiger partial charge in [-0.15, -0.1) is 0 Å². The topological polar surface area (TPSA) is 38.1 Å². The van der Waals surface area contributed by atoms with Crippen molar-refractivity contribution in [3.63, 3.8) is 0 Å². The summed E-state index contributed by atoms with van der Waals surface area (Å²) in [6.45, 7) is 4.12. The molecule has 0 saturated heterocycles. The summed E-state index contributed by atoms with van der Waals surface area (Å²) in [7, 11) is 0. The van der Waals surface area contributed by atoms with Gasteiger partial charge >= 0.3 is 0 Å². The van der Waals surface area contributed by atoms with Gasteiger partial charge in [-0.2, -0.15) is 0 Å². The van der Waals surface area contributed by atoms with Crippen molar-refractivity contribution in [2.75, 3.05) is 13.1 Å². The normalized spacial score (nSPS) is 17.1. The van der Waals surface area contributed by atoms with E-state index in [0.717, 1.165) is 49.7 Å². The van der Waals surface area contributed by atoms with Gasteiger partial charge in [0.25, 0.3) is 0 Å². The van der Waals surface area contributed by atoms with Crippen LogP contribution >= 0.6 is 0 Å². The van der Waals surface area contributed by atoms with Gasteiger partial charge in [-0.25, -0.2) is 4.98 Å². The van der Waals surface area contributed by atoms with Crippen molar-refractivity contribution >= 4 is 0 Å². The van der Waals surface area contributed by atoms with Gasteiger partial charge in [0.1, 0.15) is 5.76 Å². The molecular weight excluding hydrogens is 152 g/mol. The fraction of sp³-hybridized carbons (Fsp3) is 0.667. The number of nitrogens with zero attached hydrogens (tertiary/aromatic N) is 1. The van der Waals surface area contributed by atoms with E-state index in [1.807, 2.05) is 0 Å². The summed E-state index contributed by atoms with van der Waals surface area (Å²) in [5.41, 5.74) is 1.16. The number of nitrogens with one attached hydrogen (secondary N) is 1. The summed E-state index contributed by atoms with van der Waals surface area (Å²) < 4.78 is 5.58. The highest BCUT2D eigenvalue weighted by atomic mass is 16.4. The maximum atomic E-state index is 5.58. The van der Waals surface area contributed by atoms with Crippen LogP contribution < -0.4 is 5.32 Å². The molecule has 0 atom stereocenters. The first-order valence-electron chi connectivity index (χ1n) is 4.58. The van der Waals surface area contributed by atoms with Crippen molar-refractivity contribution in [1.82, 2.24) is 10.3 Å². The van der Waals surface area contributed by atoms with Crippen LogP contribution in [0.25, 0.3) is 0 Å². The summed E-state index contributed by atoms with van der Waals surface area (Å²) in [6, 6.07) is 0. The van der Waals surface area contributed by atoms with Crippen LogP contribution in [0.1, 0.15) is 24.3 Å². The number of aromatic nitrogens is 1. The van der Waals surface area contributed by atoms with Gasteiger partial charge in [0.2, 0.25) is 0 Å². The number of oxazole rings is 1. The third-order valence-corrected chi connectivity index (χ3v) is 2.19. The van der Waals surface area contributed by atoms with E-state index in [1.54, 1.807) is 0 Å². The molecule has 0 bridgehead atoms. The molecule has 2 rings (SSSR count). The molecule has 1 N–H and O–H groups in total. The minimum atomic E-state index is 0.891. The highest BCUT2D eigenvalue weighted by molar-refractivity contribution is 5.12. The first-order valence-corrected chi connectivity index (χ1v) is 4.58. The second-order valence-corrected chi connectivity index (χ2v) is 3.08. The molecule has 12 heavy (non-hydrogen) atoms. The number of aryl methyl sites for hydroxylation is 1. The van der Waals surface area contributed by atoms with Crippen LogP contribution in [0.4, 0.5) is 0 Å². The lowest BCUT2D eigenvalue weighted by molar-refractivity contribution is 0.457. The van der Waals surface area contributed by atoms with E-state index in [4.69, 9.17) is 4.42 Å². The summed E-state index contributed by atoms with van der Waals surface area (Å²) in [5, 5.41) is 3.32. The van der Waals surface area contributed by atoms with Crippen LogP contribution in [-0.4, -0.2) is 18.1 Å². The highest BCUT2D eigenvalue weighted by Crippen LogP contribution is 2.14. The maximum Gasteiger partial charge on any atom is 0.194 e. The Bertz CT molecular complexity index is 244. The van der Waals surface area contributed by atoms with Crippen LogP contribution in [0.5, 0.6) is 0 Å². The molecule has 0 aliphatic carbocycles. The van der Waals surface area contributed by atoms with Crippen LogP contribution in [0.2, 0.25) is 0 Å². The molecule has 3 nitrogen and oxygen atoms in total. The number of hydrogen-bond acceptors (Lipinski definition) is 3. The molecule has 3 heteroatoms. The molecule has 0 spiro atoms. The lowest BCUT2D eigenvalue weighted by Gasteiger charge is -1.94. The minimum Gasteiger partial charge on any atom is -0.445 e. The van der Waals surface area contributed by atoms with Crippen molar-refractivity contribution < 1.29 is 4.42 Å². The van der Waals surface area contributed by atoms with Gasteiger partial charge in [0.15, 0.2) is 5.89 Å². The standard InChI is InChI=1S/C9H14N2O/c1-2-9-11-7-3-5-10-6-4-8(7)12-9/h10H,2-6H2,1H3. The van der Waals surface area contributed by atoms with Crippen molar-refractivity contribution in [2.24, 2.45) is 0 Å². The third kappa shape index (κ3) is 1.37. The zero-order valence-corrected chi connectivity index (χ0v) is 7.39. The highest BCUT2D eigenvalue weighted by Gasteiger charge is 2.13. The first kappa shape index (κ1) is 7.80. The second-order valence-electron chi connectivity index (χ2n) is 3.08. The Labute approximate surface area is 72.2 Å². The Balaban J connectivity index is 2.26. The summed E-state index contributed by atoms with van der Waals surface area (Å²) in [5.74, 6) is 1.98. The number of fused-ring (bicyclic) bond motifs is 1. The number of rotatable bonds is 1. The molecule has 0 amide bonds. The van der Waals surface area contributed by atoms with E-state index in [2.05, 4.69) is 17.2 Å². The zero-order valence-electron chi connectivity index (χ0n) is 7.39. The molecular formula is C9H14N2O. The average molecular weight is 166 g/mol. The summed E-state index contributed by atoms with van der Waals surface area (Å²) in [6.07, 6.45) is 2.90. The van der Waals surface area contributed by atoms with Gasteiger partial charge in [-0.05, 0) is 0 Å². The van der Waals surface area contributed by atoms with E-state index in [0.29, 0.717) is 0 Å². The molecule has 0 radical (unpaired) electrons. The van der Waals surface area contributed by atoms with Crippen molar-refractivity contribution in [3.8, 4) is 0 Å². The quantitative estimate of drug-likeness (QED) is 0.674. The Morgan fingerprint density at radius 3 is 3.08 bits per heavy atom. The average Bonchev–Trinajstić information content (AvgIpc) is 2.37. The fourth-order valence-corrected chi connectivity index (χ4v) is 1.51. The van der Waals surface area contributed by atoms with Gasteiger partial charge in [-0.1, -0.05) is 6.92 Å². The maximum absolute atomic E-state index is 5.58. The van der Waals surface area contributed by atoms with E-state index < -0.39 is 0 Å². The lowest BCUT2D eigenvalue weighted by Crippen LogP contribution is -2.16. The predicted octanol–water partition coefficient (Wildman–Crippen LogP) is 0.925. The smallest absolute Gasteiger partial charge is 0.194 e. The largest absolute Gasteiger partial charge is 0.445 e. The predicted molar refractivity (Wildman–Crippen MR) is 46.2 cm³/mol. The zero-order chi connectivity index (χ0) is 8.39. The Morgan fingerprint density at radius 1 is 1.42 bits per heavy atom. The van der Waals surface area contributed by atoms with Crippen LogP contribution in [0.3, 0.4) is 0 Å². The first-order chi connectivity index (χ1) is 5.90. The molecule has 1 aromatic rings. The fourth-order valence-electron chi connectivity index (χ4n) is 1.51. The second kappa shape index (κ2) is 3.27. The van der Waals surface area contributed by atoms with E-state index >= 15 is 0 Å². The summed E-state index contributed by atoms with van der Waals surface area (Å²) >= 11 is 0. The third-order valence-electron chi connectivity index (χ3n) is 2.19. The van der Waals surface area contributed by atoms with Crippen LogP contribution in [-0.2, 0) is 19.3 Å². The lowest BCUT2D eigenvalue weighted by atomic mass is 10.2. The van der Waals surface area contributed by atoms with Crippen LogP contribution in [0, 0.1) is 0 Å². The molecule has 66 valence electrons. The monoisotopic (exact) mass is 166 g/mol. The Kier molecular flexibility index (Phi) is 2.13. The van der Waals surface area contributed by atoms with Crippen molar-refractivity contribution in [1.29, 1.82) is 0 Å². The van der Waals surface area contributed by atoms with Gasteiger partial charge < -0.3 is 9.73 Å². The summed E-state index contributed by atoms with van der Waals surface area (Å²) in [4.78, 5) is 4.42. The van der Waals surface area contributed by atoms with Crippen molar-refractivity contribution in [3.05, 3.63) is 17.3 Å². The molecule has 0 aromatic carbocycles. The van der Waals surface area contributed by atoms with E-state index in [1.165, 1.54) is 0 Å². The molecule has 1 aromatic heterocycles. The molecule has 0 unspecified atom stereocenters. The SMILES string of the molecule is CCc1nc2c(o1)CCNCC2. The Hall–Kier alpha value is -0.830.